The monoisotopic (exact) mass is 478 g/mol. The van der Waals surface area contributed by atoms with Crippen LogP contribution in [0.3, 0.4) is 0 Å². The quantitative estimate of drug-likeness (QED) is 0.382. The highest BCUT2D eigenvalue weighted by Crippen LogP contribution is 2.34. The molecule has 3 rings (SSSR count). The number of benzene rings is 3. The van der Waals surface area contributed by atoms with Crippen molar-refractivity contribution in [3.8, 4) is 11.5 Å². The van der Waals surface area contributed by atoms with E-state index in [4.69, 9.17) is 44.3 Å². The zero-order valence-electron chi connectivity index (χ0n) is 17.0. The Morgan fingerprint density at radius 2 is 1.68 bits per heavy atom. The number of hydrogen-bond donors (Lipinski definition) is 2. The number of rotatable bonds is 8. The molecule has 0 atom stereocenters. The van der Waals surface area contributed by atoms with Crippen molar-refractivity contribution in [3.05, 3.63) is 80.8 Å². The lowest BCUT2D eigenvalue weighted by atomic mass is 10.2. The molecule has 5 nitrogen and oxygen atoms in total. The molecule has 2 N–H and O–H groups in total. The molecule has 3 aromatic carbocycles. The van der Waals surface area contributed by atoms with Gasteiger partial charge in [0.2, 0.25) is 0 Å². The predicted octanol–water partition coefficient (Wildman–Crippen LogP) is 6.59. The predicted molar refractivity (Wildman–Crippen MR) is 127 cm³/mol. The van der Waals surface area contributed by atoms with Crippen LogP contribution < -0.4 is 20.1 Å². The fraction of sp³-hybridized carbons (Fsp3) is 0.174. The van der Waals surface area contributed by atoms with Crippen LogP contribution in [0.5, 0.6) is 11.5 Å². The lowest BCUT2D eigenvalue weighted by Gasteiger charge is -2.15. The smallest absolute Gasteiger partial charge is 0.262 e. The minimum absolute atomic E-state index is 0.182. The van der Waals surface area contributed by atoms with Crippen molar-refractivity contribution in [2.24, 2.45) is 0 Å². The molecule has 0 aliphatic carbocycles. The van der Waals surface area contributed by atoms with Gasteiger partial charge in [0.25, 0.3) is 5.91 Å². The number of ether oxygens (including phenoxy) is 2. The Bertz CT molecular complexity index is 1070. The van der Waals surface area contributed by atoms with Gasteiger partial charge in [0.15, 0.2) is 18.1 Å². The highest BCUT2D eigenvalue weighted by atomic mass is 35.5. The first-order valence-corrected chi connectivity index (χ1v) is 10.5. The van der Waals surface area contributed by atoms with Gasteiger partial charge >= 0.3 is 0 Å². The van der Waals surface area contributed by atoms with Gasteiger partial charge in [-0.1, -0.05) is 52.5 Å². The lowest BCUT2D eigenvalue weighted by molar-refractivity contribution is -0.118. The second-order valence-electron chi connectivity index (χ2n) is 6.78. The molecule has 0 saturated carbocycles. The second-order valence-corrected chi connectivity index (χ2v) is 8.03. The number of methoxy groups -OCH3 is 1. The van der Waals surface area contributed by atoms with Crippen molar-refractivity contribution in [1.82, 2.24) is 0 Å². The summed E-state index contributed by atoms with van der Waals surface area (Å²) in [4.78, 5) is 12.2. The van der Waals surface area contributed by atoms with Crippen molar-refractivity contribution >= 4 is 52.1 Å². The summed E-state index contributed by atoms with van der Waals surface area (Å²) in [7, 11) is 1.52. The Morgan fingerprint density at radius 1 is 0.935 bits per heavy atom. The zero-order chi connectivity index (χ0) is 22.4. The largest absolute Gasteiger partial charge is 0.493 e. The van der Waals surface area contributed by atoms with Gasteiger partial charge < -0.3 is 20.1 Å². The van der Waals surface area contributed by atoms with Crippen LogP contribution in [0.2, 0.25) is 15.1 Å². The fourth-order valence-electron chi connectivity index (χ4n) is 2.79. The molecule has 0 bridgehead atoms. The summed E-state index contributed by atoms with van der Waals surface area (Å²) in [6.45, 7) is 2.21. The molecule has 162 valence electrons. The van der Waals surface area contributed by atoms with E-state index in [2.05, 4.69) is 10.6 Å². The Kier molecular flexibility index (Phi) is 7.91. The second kappa shape index (κ2) is 10.6. The summed E-state index contributed by atoms with van der Waals surface area (Å²) in [5.74, 6) is 0.552. The molecule has 0 radical (unpaired) electrons. The minimum atomic E-state index is -0.287. The van der Waals surface area contributed by atoms with Gasteiger partial charge in [-0.25, -0.2) is 0 Å². The van der Waals surface area contributed by atoms with Gasteiger partial charge in [0, 0.05) is 28.3 Å². The van der Waals surface area contributed by atoms with Crippen LogP contribution in [0.25, 0.3) is 0 Å². The number of halogens is 3. The van der Waals surface area contributed by atoms with E-state index in [1.54, 1.807) is 30.3 Å². The van der Waals surface area contributed by atoms with E-state index in [0.717, 1.165) is 16.8 Å². The number of anilines is 2. The molecule has 0 heterocycles. The average Bonchev–Trinajstić information content (AvgIpc) is 2.74. The number of nitrogens with one attached hydrogen (secondary N) is 2. The maximum Gasteiger partial charge on any atom is 0.262 e. The van der Waals surface area contributed by atoms with Crippen LogP contribution in [-0.2, 0) is 11.3 Å². The molecule has 0 aliphatic rings. The average molecular weight is 480 g/mol. The Morgan fingerprint density at radius 3 is 2.35 bits per heavy atom. The van der Waals surface area contributed by atoms with Gasteiger partial charge in [0.05, 0.1) is 17.8 Å². The molecule has 0 fully saturated rings. The summed E-state index contributed by atoms with van der Waals surface area (Å²) >= 11 is 18.5. The molecule has 0 spiro atoms. The van der Waals surface area contributed by atoms with Gasteiger partial charge in [0.1, 0.15) is 0 Å². The number of amides is 1. The Hall–Kier alpha value is -2.60. The maximum atomic E-state index is 12.2. The number of carbonyl (C=O) groups is 1. The molecule has 8 heteroatoms. The van der Waals surface area contributed by atoms with E-state index < -0.39 is 0 Å². The van der Waals surface area contributed by atoms with Crippen molar-refractivity contribution in [2.75, 3.05) is 24.4 Å². The molecular formula is C23H21Cl3N2O3. The minimum Gasteiger partial charge on any atom is -0.493 e. The molecule has 0 saturated heterocycles. The molecule has 0 aromatic heterocycles. The SMILES string of the molecule is COc1cc(CNc2ccc(Cl)cc2Cl)c(Cl)cc1OCC(=O)Nc1ccc(C)cc1. The number of carbonyl (C=O) groups excluding carboxylic acids is 1. The molecule has 1 amide bonds. The molecule has 0 aliphatic heterocycles. The van der Waals surface area contributed by atoms with Crippen LogP contribution >= 0.6 is 34.8 Å². The molecule has 3 aromatic rings. The third kappa shape index (κ3) is 6.44. The summed E-state index contributed by atoms with van der Waals surface area (Å²) in [6.07, 6.45) is 0. The van der Waals surface area contributed by atoms with E-state index in [9.17, 15) is 4.79 Å². The first kappa shape index (κ1) is 23.1. The zero-order valence-corrected chi connectivity index (χ0v) is 19.2. The van der Waals surface area contributed by atoms with Crippen LogP contribution in [0.15, 0.2) is 54.6 Å². The van der Waals surface area contributed by atoms with Crippen LogP contribution in [-0.4, -0.2) is 19.6 Å². The third-order valence-electron chi connectivity index (χ3n) is 4.43. The summed E-state index contributed by atoms with van der Waals surface area (Å²) in [5.41, 5.74) is 3.32. The van der Waals surface area contributed by atoms with Gasteiger partial charge in [-0.2, -0.15) is 0 Å². The van der Waals surface area contributed by atoms with Crippen molar-refractivity contribution in [1.29, 1.82) is 0 Å². The third-order valence-corrected chi connectivity index (χ3v) is 5.33. The van der Waals surface area contributed by atoms with Crippen LogP contribution in [0.1, 0.15) is 11.1 Å². The van der Waals surface area contributed by atoms with E-state index in [1.165, 1.54) is 7.11 Å². The van der Waals surface area contributed by atoms with Crippen LogP contribution in [0, 0.1) is 6.92 Å². The van der Waals surface area contributed by atoms with E-state index in [0.29, 0.717) is 38.8 Å². The molecule has 0 unspecified atom stereocenters. The summed E-state index contributed by atoms with van der Waals surface area (Å²) < 4.78 is 11.0. The highest BCUT2D eigenvalue weighted by molar-refractivity contribution is 6.36. The summed E-state index contributed by atoms with van der Waals surface area (Å²) in [5, 5.41) is 7.53. The van der Waals surface area contributed by atoms with E-state index in [1.807, 2.05) is 31.2 Å². The van der Waals surface area contributed by atoms with Gasteiger partial charge in [-0.15, -0.1) is 0 Å². The highest BCUT2D eigenvalue weighted by Gasteiger charge is 2.13. The number of aryl methyl sites for hydroxylation is 1. The Balaban J connectivity index is 1.64. The van der Waals surface area contributed by atoms with E-state index >= 15 is 0 Å². The van der Waals surface area contributed by atoms with Crippen molar-refractivity contribution < 1.29 is 14.3 Å². The maximum absolute atomic E-state index is 12.2. The van der Waals surface area contributed by atoms with Gasteiger partial charge in [-0.05, 0) is 48.9 Å². The summed E-state index contributed by atoms with van der Waals surface area (Å²) in [6, 6.07) is 16.1. The molecular weight excluding hydrogens is 459 g/mol. The molecule has 31 heavy (non-hydrogen) atoms. The van der Waals surface area contributed by atoms with Crippen molar-refractivity contribution in [3.63, 3.8) is 0 Å². The fourth-order valence-corrected chi connectivity index (χ4v) is 3.48. The lowest BCUT2D eigenvalue weighted by Crippen LogP contribution is -2.20. The first-order chi connectivity index (χ1) is 14.9. The first-order valence-electron chi connectivity index (χ1n) is 9.40. The van der Waals surface area contributed by atoms with Gasteiger partial charge in [-0.3, -0.25) is 4.79 Å². The Labute approximate surface area is 196 Å². The standard InChI is InChI=1S/C23H21Cl3N2O3/c1-14-3-6-17(7-4-14)28-23(29)13-31-22-11-18(25)15(9-21(22)30-2)12-27-20-8-5-16(24)10-19(20)26/h3-11,27H,12-13H2,1-2H3,(H,28,29). The van der Waals surface area contributed by atoms with E-state index in [-0.39, 0.29) is 12.5 Å². The van der Waals surface area contributed by atoms with Crippen molar-refractivity contribution in [2.45, 2.75) is 13.5 Å². The topological polar surface area (TPSA) is 59.6 Å². The van der Waals surface area contributed by atoms with Crippen LogP contribution in [0.4, 0.5) is 11.4 Å². The number of hydrogen-bond acceptors (Lipinski definition) is 4. The normalized spacial score (nSPS) is 10.5.